The number of carbonyl (C=O) groups excluding carboxylic acids is 2. The molecule has 0 N–H and O–H groups in total. The number of hydrogen-bond donors (Lipinski definition) is 0. The van der Waals surface area contributed by atoms with Gasteiger partial charge in [-0.2, -0.15) is 0 Å². The van der Waals surface area contributed by atoms with Gasteiger partial charge in [-0.1, -0.05) is 12.1 Å². The van der Waals surface area contributed by atoms with Crippen LogP contribution in [0.15, 0.2) is 59.2 Å². The summed E-state index contributed by atoms with van der Waals surface area (Å²) in [7, 11) is 0. The van der Waals surface area contributed by atoms with Crippen LogP contribution in [-0.4, -0.2) is 31.1 Å². The molecule has 0 atom stereocenters. The molecular weight excluding hydrogens is 461 g/mol. The number of halogens is 1. The summed E-state index contributed by atoms with van der Waals surface area (Å²) in [6.45, 7) is 1.90. The number of cyclic esters (lactones) is 1. The van der Waals surface area contributed by atoms with Crippen molar-refractivity contribution in [3.63, 3.8) is 0 Å². The van der Waals surface area contributed by atoms with Crippen molar-refractivity contribution in [2.75, 3.05) is 13.2 Å². The van der Waals surface area contributed by atoms with Gasteiger partial charge in [-0.05, 0) is 77.6 Å². The van der Waals surface area contributed by atoms with Crippen molar-refractivity contribution in [1.29, 1.82) is 0 Å². The first-order valence-corrected chi connectivity index (χ1v) is 9.30. The maximum Gasteiger partial charge on any atom is 0.363 e. The predicted molar refractivity (Wildman–Crippen MR) is 108 cm³/mol. The van der Waals surface area contributed by atoms with Crippen molar-refractivity contribution in [1.82, 2.24) is 0 Å². The van der Waals surface area contributed by atoms with Crippen LogP contribution in [0.3, 0.4) is 0 Å². The van der Waals surface area contributed by atoms with Crippen LogP contribution >= 0.6 is 22.6 Å². The Morgan fingerprint density at radius 1 is 1.15 bits per heavy atom. The van der Waals surface area contributed by atoms with E-state index in [1.165, 1.54) is 0 Å². The summed E-state index contributed by atoms with van der Waals surface area (Å²) >= 11 is 2.20. The van der Waals surface area contributed by atoms with Crippen molar-refractivity contribution in [2.24, 2.45) is 4.99 Å². The highest BCUT2D eigenvalue weighted by molar-refractivity contribution is 14.1. The molecule has 0 fully saturated rings. The lowest BCUT2D eigenvalue weighted by molar-refractivity contribution is -0.145. The smallest absolute Gasteiger partial charge is 0.363 e. The summed E-state index contributed by atoms with van der Waals surface area (Å²) in [4.78, 5) is 27.6. The van der Waals surface area contributed by atoms with Gasteiger partial charge in [-0.3, -0.25) is 0 Å². The molecule has 0 saturated heterocycles. The zero-order valence-electron chi connectivity index (χ0n) is 14.5. The first kappa shape index (κ1) is 19.1. The van der Waals surface area contributed by atoms with Gasteiger partial charge in [0.15, 0.2) is 12.3 Å². The van der Waals surface area contributed by atoms with Gasteiger partial charge in [0.25, 0.3) is 0 Å². The van der Waals surface area contributed by atoms with Crippen molar-refractivity contribution in [3.05, 3.63) is 68.9 Å². The van der Waals surface area contributed by atoms with Gasteiger partial charge in [0.05, 0.1) is 6.61 Å². The Kier molecular flexibility index (Phi) is 6.23. The molecule has 3 rings (SSSR count). The third-order valence-electron chi connectivity index (χ3n) is 3.56. The quantitative estimate of drug-likeness (QED) is 0.362. The number of hydrogen-bond acceptors (Lipinski definition) is 6. The number of aliphatic imine (C=N–C) groups is 1. The summed E-state index contributed by atoms with van der Waals surface area (Å²) in [5, 5.41) is 0. The number of rotatable bonds is 6. The molecule has 0 unspecified atom stereocenters. The van der Waals surface area contributed by atoms with E-state index < -0.39 is 11.9 Å². The maximum atomic E-state index is 12.1. The molecule has 0 aromatic heterocycles. The monoisotopic (exact) mass is 477 g/mol. The fourth-order valence-corrected chi connectivity index (χ4v) is 2.65. The number of esters is 2. The first-order valence-electron chi connectivity index (χ1n) is 8.22. The standard InChI is InChI=1S/C20H16INO5/c1-2-25-18(23)12-26-16-9-3-13(4-10-16)11-17-20(24)27-19(22-17)14-5-7-15(21)8-6-14/h3-11H,2,12H2,1H3/b17-11-. The number of benzene rings is 2. The van der Waals surface area contributed by atoms with E-state index >= 15 is 0 Å². The zero-order chi connectivity index (χ0) is 19.2. The fourth-order valence-electron chi connectivity index (χ4n) is 2.29. The fraction of sp³-hybridized carbons (Fsp3) is 0.150. The Morgan fingerprint density at radius 2 is 1.85 bits per heavy atom. The molecule has 1 aliphatic rings. The SMILES string of the molecule is CCOC(=O)COc1ccc(/C=C2\N=C(c3ccc(I)cc3)OC2=O)cc1. The lowest BCUT2D eigenvalue weighted by Gasteiger charge is -2.05. The molecule has 0 radical (unpaired) electrons. The highest BCUT2D eigenvalue weighted by Gasteiger charge is 2.24. The molecule has 0 saturated carbocycles. The minimum atomic E-state index is -0.494. The van der Waals surface area contributed by atoms with Crippen molar-refractivity contribution >= 4 is 46.5 Å². The Bertz CT molecular complexity index is 901. The largest absolute Gasteiger partial charge is 0.482 e. The highest BCUT2D eigenvalue weighted by atomic mass is 127. The minimum absolute atomic E-state index is 0.149. The third-order valence-corrected chi connectivity index (χ3v) is 4.28. The molecular formula is C20H16INO5. The van der Waals surface area contributed by atoms with Crippen LogP contribution in [0.1, 0.15) is 18.1 Å². The average Bonchev–Trinajstić information content (AvgIpc) is 3.02. The first-order chi connectivity index (χ1) is 13.0. The minimum Gasteiger partial charge on any atom is -0.482 e. The van der Waals surface area contributed by atoms with E-state index in [1.807, 2.05) is 24.3 Å². The van der Waals surface area contributed by atoms with Gasteiger partial charge in [0.1, 0.15) is 5.75 Å². The Labute approximate surface area is 170 Å². The van der Waals surface area contributed by atoms with Crippen LogP contribution in [0.5, 0.6) is 5.75 Å². The number of ether oxygens (including phenoxy) is 3. The van der Waals surface area contributed by atoms with Crippen LogP contribution in [0.25, 0.3) is 6.08 Å². The second-order valence-electron chi connectivity index (χ2n) is 5.51. The van der Waals surface area contributed by atoms with E-state index in [0.717, 1.165) is 14.7 Å². The Balaban J connectivity index is 1.69. The summed E-state index contributed by atoms with van der Waals surface area (Å²) in [6.07, 6.45) is 1.64. The second kappa shape index (κ2) is 8.81. The molecule has 6 nitrogen and oxygen atoms in total. The normalized spacial score (nSPS) is 14.7. The van der Waals surface area contributed by atoms with Crippen molar-refractivity contribution in [3.8, 4) is 5.75 Å². The summed E-state index contributed by atoms with van der Waals surface area (Å²) in [5.74, 6) is -0.0969. The molecule has 2 aromatic rings. The highest BCUT2D eigenvalue weighted by Crippen LogP contribution is 2.21. The average molecular weight is 477 g/mol. The molecule has 0 amide bonds. The van der Waals surface area contributed by atoms with Crippen LogP contribution in [0.2, 0.25) is 0 Å². The van der Waals surface area contributed by atoms with Gasteiger partial charge in [0, 0.05) is 9.13 Å². The molecule has 1 heterocycles. The van der Waals surface area contributed by atoms with E-state index in [4.69, 9.17) is 14.2 Å². The van der Waals surface area contributed by atoms with Gasteiger partial charge in [-0.15, -0.1) is 0 Å². The van der Waals surface area contributed by atoms with Gasteiger partial charge in [-0.25, -0.2) is 14.6 Å². The molecule has 2 aromatic carbocycles. The van der Waals surface area contributed by atoms with E-state index in [1.54, 1.807) is 37.3 Å². The Morgan fingerprint density at radius 3 is 2.52 bits per heavy atom. The van der Waals surface area contributed by atoms with Gasteiger partial charge < -0.3 is 14.2 Å². The van der Waals surface area contributed by atoms with Crippen molar-refractivity contribution in [2.45, 2.75) is 6.92 Å². The third kappa shape index (κ3) is 5.16. The molecule has 0 bridgehead atoms. The molecule has 27 heavy (non-hydrogen) atoms. The van der Waals surface area contributed by atoms with E-state index in [0.29, 0.717) is 12.4 Å². The molecule has 7 heteroatoms. The summed E-state index contributed by atoms with van der Waals surface area (Å²) in [6, 6.07) is 14.5. The van der Waals surface area contributed by atoms with E-state index in [-0.39, 0.29) is 18.2 Å². The lowest BCUT2D eigenvalue weighted by Crippen LogP contribution is -2.14. The number of carbonyl (C=O) groups is 2. The topological polar surface area (TPSA) is 74.2 Å². The molecule has 1 aliphatic heterocycles. The summed E-state index contributed by atoms with van der Waals surface area (Å²) in [5.41, 5.74) is 1.73. The van der Waals surface area contributed by atoms with Crippen LogP contribution in [0, 0.1) is 3.57 Å². The predicted octanol–water partition coefficient (Wildman–Crippen LogP) is 3.58. The molecule has 0 spiro atoms. The maximum absolute atomic E-state index is 12.1. The van der Waals surface area contributed by atoms with Gasteiger partial charge >= 0.3 is 11.9 Å². The van der Waals surface area contributed by atoms with E-state index in [2.05, 4.69) is 27.6 Å². The zero-order valence-corrected chi connectivity index (χ0v) is 16.6. The number of nitrogens with zero attached hydrogens (tertiary/aromatic N) is 1. The molecule has 0 aliphatic carbocycles. The van der Waals surface area contributed by atoms with E-state index in [9.17, 15) is 9.59 Å². The summed E-state index contributed by atoms with van der Waals surface area (Å²) < 4.78 is 16.5. The van der Waals surface area contributed by atoms with Crippen LogP contribution in [-0.2, 0) is 19.1 Å². The second-order valence-corrected chi connectivity index (χ2v) is 6.75. The Hall–Kier alpha value is -2.68. The van der Waals surface area contributed by atoms with Crippen LogP contribution < -0.4 is 4.74 Å². The lowest BCUT2D eigenvalue weighted by atomic mass is 10.2. The van der Waals surface area contributed by atoms with Crippen LogP contribution in [0.4, 0.5) is 0 Å². The van der Waals surface area contributed by atoms with Gasteiger partial charge in [0.2, 0.25) is 5.90 Å². The van der Waals surface area contributed by atoms with Crippen molar-refractivity contribution < 1.29 is 23.8 Å². The molecule has 138 valence electrons.